The molecule has 16 heavy (non-hydrogen) atoms. The van der Waals surface area contributed by atoms with Crippen LogP contribution < -0.4 is 0 Å². The standard InChI is InChI=1S/C12H14BrFO2/c1-8(14)7-10(13)11(12(15)16)9-5-3-2-4-6-9/h2-6,8,10-11H,7H2,1H3,(H,15,16). The van der Waals surface area contributed by atoms with Crippen LogP contribution in [0.5, 0.6) is 0 Å². The Hall–Kier alpha value is -0.900. The molecule has 4 heteroatoms. The second-order valence-electron chi connectivity index (χ2n) is 3.76. The summed E-state index contributed by atoms with van der Waals surface area (Å²) < 4.78 is 12.9. The first-order valence-electron chi connectivity index (χ1n) is 5.08. The molecule has 0 aliphatic rings. The third kappa shape index (κ3) is 3.59. The van der Waals surface area contributed by atoms with E-state index in [1.165, 1.54) is 6.92 Å². The third-order valence-corrected chi connectivity index (χ3v) is 3.24. The summed E-state index contributed by atoms with van der Waals surface area (Å²) in [5, 5.41) is 9.16. The summed E-state index contributed by atoms with van der Waals surface area (Å²) in [5.41, 5.74) is 0.692. The van der Waals surface area contributed by atoms with Gasteiger partial charge in [-0.1, -0.05) is 46.3 Å². The van der Waals surface area contributed by atoms with E-state index in [0.717, 1.165) is 0 Å². The highest BCUT2D eigenvalue weighted by Crippen LogP contribution is 2.29. The van der Waals surface area contributed by atoms with Gasteiger partial charge in [0.15, 0.2) is 0 Å². The van der Waals surface area contributed by atoms with Gasteiger partial charge < -0.3 is 5.11 Å². The summed E-state index contributed by atoms with van der Waals surface area (Å²) in [7, 11) is 0. The lowest BCUT2D eigenvalue weighted by atomic mass is 9.93. The molecule has 0 aromatic heterocycles. The Labute approximate surface area is 103 Å². The molecule has 0 bridgehead atoms. The molecular formula is C12H14BrFO2. The molecule has 0 amide bonds. The highest BCUT2D eigenvalue weighted by molar-refractivity contribution is 9.09. The maximum atomic E-state index is 12.9. The summed E-state index contributed by atoms with van der Waals surface area (Å²) in [4.78, 5) is 10.8. The van der Waals surface area contributed by atoms with E-state index in [2.05, 4.69) is 15.9 Å². The van der Waals surface area contributed by atoms with E-state index in [4.69, 9.17) is 5.11 Å². The lowest BCUT2D eigenvalue weighted by Crippen LogP contribution is -2.23. The third-order valence-electron chi connectivity index (χ3n) is 2.34. The van der Waals surface area contributed by atoms with Crippen LogP contribution in [0.1, 0.15) is 24.8 Å². The molecule has 0 fully saturated rings. The van der Waals surface area contributed by atoms with E-state index in [-0.39, 0.29) is 6.42 Å². The smallest absolute Gasteiger partial charge is 0.312 e. The molecule has 0 spiro atoms. The molecule has 3 atom stereocenters. The average Bonchev–Trinajstić information content (AvgIpc) is 2.17. The molecule has 3 unspecified atom stereocenters. The van der Waals surface area contributed by atoms with E-state index < -0.39 is 22.9 Å². The zero-order valence-electron chi connectivity index (χ0n) is 8.94. The Morgan fingerprint density at radius 3 is 2.44 bits per heavy atom. The van der Waals surface area contributed by atoms with Crippen molar-refractivity contribution in [1.82, 2.24) is 0 Å². The van der Waals surface area contributed by atoms with Gasteiger partial charge in [0.2, 0.25) is 0 Å². The Morgan fingerprint density at radius 1 is 1.44 bits per heavy atom. The summed E-state index contributed by atoms with van der Waals surface area (Å²) in [6, 6.07) is 8.88. The van der Waals surface area contributed by atoms with Crippen molar-refractivity contribution >= 4 is 21.9 Å². The maximum absolute atomic E-state index is 12.9. The van der Waals surface area contributed by atoms with Crippen molar-refractivity contribution < 1.29 is 14.3 Å². The number of halogens is 2. The molecule has 0 saturated carbocycles. The number of aliphatic carboxylic acids is 1. The minimum Gasteiger partial charge on any atom is -0.481 e. The minimum atomic E-state index is -1.02. The molecule has 0 radical (unpaired) electrons. The number of rotatable bonds is 5. The largest absolute Gasteiger partial charge is 0.481 e. The number of alkyl halides is 2. The highest BCUT2D eigenvalue weighted by atomic mass is 79.9. The second kappa shape index (κ2) is 5.99. The number of hydrogen-bond donors (Lipinski definition) is 1. The van der Waals surface area contributed by atoms with Gasteiger partial charge in [-0.25, -0.2) is 4.39 Å². The molecule has 2 nitrogen and oxygen atoms in total. The molecule has 0 aliphatic heterocycles. The Kier molecular flexibility index (Phi) is 4.93. The predicted molar refractivity (Wildman–Crippen MR) is 64.7 cm³/mol. The SMILES string of the molecule is CC(F)CC(Br)C(C(=O)O)c1ccccc1. The first kappa shape index (κ1) is 13.2. The van der Waals surface area contributed by atoms with Crippen molar-refractivity contribution in [3.63, 3.8) is 0 Å². The van der Waals surface area contributed by atoms with E-state index in [1.54, 1.807) is 24.3 Å². The number of carboxylic acids is 1. The van der Waals surface area contributed by atoms with Gasteiger partial charge in [0.1, 0.15) is 0 Å². The molecule has 88 valence electrons. The molecule has 1 rings (SSSR count). The Bertz CT molecular complexity index is 340. The monoisotopic (exact) mass is 288 g/mol. The molecule has 1 aromatic carbocycles. The number of carboxylic acid groups (broad SMARTS) is 1. The van der Waals surface area contributed by atoms with Crippen molar-refractivity contribution in [2.75, 3.05) is 0 Å². The van der Waals surface area contributed by atoms with Crippen LogP contribution in [0.15, 0.2) is 30.3 Å². The van der Waals surface area contributed by atoms with Crippen molar-refractivity contribution in [3.8, 4) is 0 Å². The van der Waals surface area contributed by atoms with Gasteiger partial charge in [-0.3, -0.25) is 4.79 Å². The lowest BCUT2D eigenvalue weighted by molar-refractivity contribution is -0.138. The number of carbonyl (C=O) groups is 1. The van der Waals surface area contributed by atoms with Crippen LogP contribution in [0.2, 0.25) is 0 Å². The van der Waals surface area contributed by atoms with Gasteiger partial charge in [-0.05, 0) is 18.9 Å². The van der Waals surface area contributed by atoms with Crippen LogP contribution in [0.4, 0.5) is 4.39 Å². The van der Waals surface area contributed by atoms with Gasteiger partial charge in [0.05, 0.1) is 12.1 Å². The molecule has 0 aliphatic carbocycles. The van der Waals surface area contributed by atoms with Gasteiger partial charge >= 0.3 is 5.97 Å². The zero-order valence-corrected chi connectivity index (χ0v) is 10.5. The first-order valence-corrected chi connectivity index (χ1v) is 6.00. The number of hydrogen-bond acceptors (Lipinski definition) is 1. The molecular weight excluding hydrogens is 275 g/mol. The number of benzene rings is 1. The summed E-state index contributed by atoms with van der Waals surface area (Å²) in [6.45, 7) is 1.43. The van der Waals surface area contributed by atoms with Gasteiger partial charge in [-0.15, -0.1) is 0 Å². The van der Waals surface area contributed by atoms with Crippen molar-refractivity contribution in [3.05, 3.63) is 35.9 Å². The van der Waals surface area contributed by atoms with E-state index in [1.807, 2.05) is 6.07 Å². The summed E-state index contributed by atoms with van der Waals surface area (Å²) in [6.07, 6.45) is -0.832. The van der Waals surface area contributed by atoms with Crippen LogP contribution in [0, 0.1) is 0 Å². The van der Waals surface area contributed by atoms with Crippen LogP contribution in [-0.4, -0.2) is 22.1 Å². The van der Waals surface area contributed by atoms with Crippen molar-refractivity contribution in [2.24, 2.45) is 0 Å². The highest BCUT2D eigenvalue weighted by Gasteiger charge is 2.28. The van der Waals surface area contributed by atoms with Crippen LogP contribution in [0.3, 0.4) is 0 Å². The second-order valence-corrected chi connectivity index (χ2v) is 4.94. The fourth-order valence-corrected chi connectivity index (χ4v) is 2.66. The van der Waals surface area contributed by atoms with Gasteiger partial charge in [0, 0.05) is 4.83 Å². The van der Waals surface area contributed by atoms with Gasteiger partial charge in [-0.2, -0.15) is 0 Å². The van der Waals surface area contributed by atoms with Crippen molar-refractivity contribution in [1.29, 1.82) is 0 Å². The van der Waals surface area contributed by atoms with Gasteiger partial charge in [0.25, 0.3) is 0 Å². The van der Waals surface area contributed by atoms with Crippen LogP contribution in [-0.2, 0) is 4.79 Å². The van der Waals surface area contributed by atoms with E-state index in [0.29, 0.717) is 5.56 Å². The normalized spacial score (nSPS) is 16.4. The molecule has 1 N–H and O–H groups in total. The zero-order chi connectivity index (χ0) is 12.1. The van der Waals surface area contributed by atoms with E-state index in [9.17, 15) is 9.18 Å². The molecule has 0 heterocycles. The quantitative estimate of drug-likeness (QED) is 0.844. The molecule has 0 saturated heterocycles. The lowest BCUT2D eigenvalue weighted by Gasteiger charge is -2.19. The Balaban J connectivity index is 2.88. The Morgan fingerprint density at radius 2 is 2.00 bits per heavy atom. The fourth-order valence-electron chi connectivity index (χ4n) is 1.61. The summed E-state index contributed by atoms with van der Waals surface area (Å²) in [5.74, 6) is -1.65. The summed E-state index contributed by atoms with van der Waals surface area (Å²) >= 11 is 3.26. The maximum Gasteiger partial charge on any atom is 0.312 e. The van der Waals surface area contributed by atoms with E-state index >= 15 is 0 Å². The topological polar surface area (TPSA) is 37.3 Å². The average molecular weight is 289 g/mol. The first-order chi connectivity index (χ1) is 7.52. The molecule has 1 aromatic rings. The minimum absolute atomic E-state index is 0.186. The van der Waals surface area contributed by atoms with Crippen LogP contribution >= 0.6 is 15.9 Å². The predicted octanol–water partition coefficient (Wildman–Crippen LogP) is 3.37. The van der Waals surface area contributed by atoms with Crippen LogP contribution in [0.25, 0.3) is 0 Å². The van der Waals surface area contributed by atoms with Crippen molar-refractivity contribution in [2.45, 2.75) is 30.3 Å². The fraction of sp³-hybridized carbons (Fsp3) is 0.417.